The summed E-state index contributed by atoms with van der Waals surface area (Å²) in [6, 6.07) is 0.418. The van der Waals surface area contributed by atoms with Crippen molar-refractivity contribution < 1.29 is 4.79 Å². The summed E-state index contributed by atoms with van der Waals surface area (Å²) in [5.74, 6) is -0.186. The Morgan fingerprint density at radius 2 is 2.07 bits per heavy atom. The van der Waals surface area contributed by atoms with Crippen LogP contribution in [0.5, 0.6) is 0 Å². The van der Waals surface area contributed by atoms with E-state index in [1.807, 2.05) is 0 Å². The van der Waals surface area contributed by atoms with Crippen LogP contribution in [-0.2, 0) is 4.79 Å². The van der Waals surface area contributed by atoms with Crippen LogP contribution in [0.15, 0.2) is 0 Å². The van der Waals surface area contributed by atoms with Gasteiger partial charge in [0.15, 0.2) is 0 Å². The highest BCUT2D eigenvalue weighted by molar-refractivity contribution is 5.79. The molecule has 15 heavy (non-hydrogen) atoms. The number of hydrogen-bond acceptors (Lipinski definition) is 2. The van der Waals surface area contributed by atoms with Crippen molar-refractivity contribution in [3.63, 3.8) is 0 Å². The molecule has 1 atom stereocenters. The first-order valence-electron chi connectivity index (χ1n) is 6.29. The lowest BCUT2D eigenvalue weighted by Gasteiger charge is -2.27. The maximum absolute atomic E-state index is 11.2. The molecule has 1 rings (SSSR count). The van der Waals surface area contributed by atoms with E-state index in [9.17, 15) is 4.79 Å². The summed E-state index contributed by atoms with van der Waals surface area (Å²) in [4.78, 5) is 11.2. The molecule has 0 aromatic carbocycles. The number of unbranched alkanes of at least 4 members (excludes halogenated alkanes) is 1. The number of carbonyl (C=O) groups excluding carboxylic acids is 1. The van der Waals surface area contributed by atoms with Crippen molar-refractivity contribution >= 4 is 5.91 Å². The van der Waals surface area contributed by atoms with Gasteiger partial charge in [0, 0.05) is 6.04 Å². The lowest BCUT2D eigenvalue weighted by molar-refractivity contribution is -0.120. The van der Waals surface area contributed by atoms with Crippen LogP contribution >= 0.6 is 0 Å². The second-order valence-electron chi connectivity index (χ2n) is 4.60. The van der Waals surface area contributed by atoms with Crippen LogP contribution in [0, 0.1) is 0 Å². The van der Waals surface area contributed by atoms with Crippen molar-refractivity contribution in [2.45, 2.75) is 70.4 Å². The molecule has 0 saturated heterocycles. The van der Waals surface area contributed by atoms with Crippen molar-refractivity contribution in [2.24, 2.45) is 5.73 Å². The summed E-state index contributed by atoms with van der Waals surface area (Å²) in [6.07, 6.45) is 9.42. The fourth-order valence-corrected chi connectivity index (χ4v) is 2.27. The normalized spacial score (nSPS) is 20.1. The van der Waals surface area contributed by atoms with Gasteiger partial charge in [-0.2, -0.15) is 0 Å². The summed E-state index contributed by atoms with van der Waals surface area (Å²) in [6.45, 7) is 2.14. The lowest BCUT2D eigenvalue weighted by Crippen LogP contribution is -2.47. The van der Waals surface area contributed by atoms with E-state index in [0.29, 0.717) is 6.04 Å². The molecule has 1 saturated carbocycles. The molecule has 3 N–H and O–H groups in total. The number of hydrogen-bond donors (Lipinski definition) is 2. The first kappa shape index (κ1) is 12.5. The zero-order chi connectivity index (χ0) is 11.1. The standard InChI is InChI=1S/C12H24N2O/c1-2-3-9-11(12(13)15)14-10-7-5-4-6-8-10/h10-11,14H,2-9H2,1H3,(H2,13,15). The number of nitrogens with two attached hydrogens (primary N) is 1. The van der Waals surface area contributed by atoms with Crippen LogP contribution in [0.2, 0.25) is 0 Å². The molecule has 1 aliphatic carbocycles. The maximum atomic E-state index is 11.2. The minimum atomic E-state index is -0.186. The minimum absolute atomic E-state index is 0.104. The van der Waals surface area contributed by atoms with Gasteiger partial charge in [-0.1, -0.05) is 39.0 Å². The maximum Gasteiger partial charge on any atom is 0.234 e. The highest BCUT2D eigenvalue weighted by Crippen LogP contribution is 2.18. The Morgan fingerprint density at radius 3 is 2.60 bits per heavy atom. The number of primary amides is 1. The van der Waals surface area contributed by atoms with E-state index in [-0.39, 0.29) is 11.9 Å². The fraction of sp³-hybridized carbons (Fsp3) is 0.917. The van der Waals surface area contributed by atoms with Gasteiger partial charge in [0.25, 0.3) is 0 Å². The zero-order valence-electron chi connectivity index (χ0n) is 9.80. The van der Waals surface area contributed by atoms with Crippen LogP contribution < -0.4 is 11.1 Å². The third-order valence-corrected chi connectivity index (χ3v) is 3.23. The van der Waals surface area contributed by atoms with E-state index in [2.05, 4.69) is 12.2 Å². The Hall–Kier alpha value is -0.570. The molecule has 0 aromatic rings. The Bertz CT molecular complexity index is 188. The number of carbonyl (C=O) groups is 1. The van der Waals surface area contributed by atoms with Gasteiger partial charge >= 0.3 is 0 Å². The van der Waals surface area contributed by atoms with Crippen molar-refractivity contribution in [3.05, 3.63) is 0 Å². The molecular formula is C12H24N2O. The van der Waals surface area contributed by atoms with Gasteiger partial charge in [-0.15, -0.1) is 0 Å². The average Bonchev–Trinajstić information content (AvgIpc) is 2.25. The second-order valence-corrected chi connectivity index (χ2v) is 4.60. The summed E-state index contributed by atoms with van der Waals surface area (Å²) in [5.41, 5.74) is 5.39. The molecule has 0 heterocycles. The van der Waals surface area contributed by atoms with Gasteiger partial charge in [0.1, 0.15) is 0 Å². The van der Waals surface area contributed by atoms with E-state index in [1.165, 1.54) is 32.1 Å². The quantitative estimate of drug-likeness (QED) is 0.707. The fourth-order valence-electron chi connectivity index (χ4n) is 2.27. The van der Waals surface area contributed by atoms with Crippen molar-refractivity contribution in [3.8, 4) is 0 Å². The number of rotatable bonds is 6. The van der Waals surface area contributed by atoms with Crippen LogP contribution in [0.4, 0.5) is 0 Å². The van der Waals surface area contributed by atoms with Crippen LogP contribution in [0.25, 0.3) is 0 Å². The molecule has 3 nitrogen and oxygen atoms in total. The van der Waals surface area contributed by atoms with Crippen LogP contribution in [-0.4, -0.2) is 18.0 Å². The van der Waals surface area contributed by atoms with Gasteiger partial charge in [0.05, 0.1) is 6.04 Å². The minimum Gasteiger partial charge on any atom is -0.368 e. The second kappa shape index (κ2) is 6.83. The predicted molar refractivity (Wildman–Crippen MR) is 62.5 cm³/mol. The topological polar surface area (TPSA) is 55.1 Å². The first-order chi connectivity index (χ1) is 7.24. The van der Waals surface area contributed by atoms with Crippen LogP contribution in [0.1, 0.15) is 58.3 Å². The van der Waals surface area contributed by atoms with Crippen molar-refractivity contribution in [1.82, 2.24) is 5.32 Å². The predicted octanol–water partition coefficient (Wildman–Crippen LogP) is 1.95. The smallest absolute Gasteiger partial charge is 0.234 e. The third kappa shape index (κ3) is 4.65. The van der Waals surface area contributed by atoms with Gasteiger partial charge in [-0.3, -0.25) is 4.79 Å². The van der Waals surface area contributed by atoms with Crippen LogP contribution in [0.3, 0.4) is 0 Å². The molecule has 1 aliphatic rings. The summed E-state index contributed by atoms with van der Waals surface area (Å²) in [7, 11) is 0. The van der Waals surface area contributed by atoms with Gasteiger partial charge in [-0.05, 0) is 19.3 Å². The van der Waals surface area contributed by atoms with E-state index in [4.69, 9.17) is 5.73 Å². The Balaban J connectivity index is 2.31. The Morgan fingerprint density at radius 1 is 1.40 bits per heavy atom. The molecule has 0 bridgehead atoms. The van der Waals surface area contributed by atoms with Crippen molar-refractivity contribution in [2.75, 3.05) is 0 Å². The molecule has 0 spiro atoms. The zero-order valence-corrected chi connectivity index (χ0v) is 9.80. The largest absolute Gasteiger partial charge is 0.368 e. The van der Waals surface area contributed by atoms with Crippen molar-refractivity contribution in [1.29, 1.82) is 0 Å². The average molecular weight is 212 g/mol. The molecule has 1 unspecified atom stereocenters. The van der Waals surface area contributed by atoms with E-state index in [1.54, 1.807) is 0 Å². The lowest BCUT2D eigenvalue weighted by atomic mass is 9.94. The summed E-state index contributed by atoms with van der Waals surface area (Å²) in [5, 5.41) is 3.42. The molecule has 88 valence electrons. The SMILES string of the molecule is CCCCC(NC1CCCCC1)C(N)=O. The van der Waals surface area contributed by atoms with Gasteiger partial charge in [0.2, 0.25) is 5.91 Å². The van der Waals surface area contributed by atoms with E-state index < -0.39 is 0 Å². The molecule has 0 radical (unpaired) electrons. The summed E-state index contributed by atoms with van der Waals surface area (Å²) < 4.78 is 0. The molecule has 0 aliphatic heterocycles. The molecule has 1 amide bonds. The number of nitrogens with one attached hydrogen (secondary N) is 1. The highest BCUT2D eigenvalue weighted by Gasteiger charge is 2.20. The molecule has 3 heteroatoms. The Kier molecular flexibility index (Phi) is 5.69. The van der Waals surface area contributed by atoms with E-state index in [0.717, 1.165) is 19.3 Å². The molecular weight excluding hydrogens is 188 g/mol. The number of amides is 1. The monoisotopic (exact) mass is 212 g/mol. The molecule has 1 fully saturated rings. The molecule has 0 aromatic heterocycles. The van der Waals surface area contributed by atoms with Gasteiger partial charge in [-0.25, -0.2) is 0 Å². The van der Waals surface area contributed by atoms with E-state index >= 15 is 0 Å². The Labute approximate surface area is 92.8 Å². The van der Waals surface area contributed by atoms with Gasteiger partial charge < -0.3 is 11.1 Å². The summed E-state index contributed by atoms with van der Waals surface area (Å²) >= 11 is 0. The third-order valence-electron chi connectivity index (χ3n) is 3.23. The highest BCUT2D eigenvalue weighted by atomic mass is 16.1. The first-order valence-corrected chi connectivity index (χ1v) is 6.29.